The summed E-state index contributed by atoms with van der Waals surface area (Å²) >= 11 is 5.98. The van der Waals surface area contributed by atoms with E-state index in [-0.39, 0.29) is 22.2 Å². The van der Waals surface area contributed by atoms with Crippen LogP contribution < -0.4 is 5.32 Å². The molecule has 7 heteroatoms. The molecule has 1 saturated heterocycles. The molecule has 1 aliphatic rings. The quantitative estimate of drug-likeness (QED) is 0.461. The van der Waals surface area contributed by atoms with Crippen LogP contribution in [0.15, 0.2) is 18.2 Å². The maximum Gasteiger partial charge on any atom is 0.270 e. The van der Waals surface area contributed by atoms with Crippen molar-refractivity contribution in [1.82, 2.24) is 10.2 Å². The van der Waals surface area contributed by atoms with Crippen molar-refractivity contribution in [2.24, 2.45) is 0 Å². The van der Waals surface area contributed by atoms with Gasteiger partial charge in [0.25, 0.3) is 11.6 Å². The van der Waals surface area contributed by atoms with Gasteiger partial charge in [0.05, 0.1) is 15.5 Å². The van der Waals surface area contributed by atoms with Crippen LogP contribution in [0.3, 0.4) is 0 Å². The lowest BCUT2D eigenvalue weighted by molar-refractivity contribution is -0.384. The summed E-state index contributed by atoms with van der Waals surface area (Å²) in [4.78, 5) is 24.9. The number of nitro benzene ring substituents is 1. The van der Waals surface area contributed by atoms with Gasteiger partial charge in [-0.15, -0.1) is 0 Å². The third-order valence-electron chi connectivity index (χ3n) is 4.53. The van der Waals surface area contributed by atoms with Crippen molar-refractivity contribution in [2.75, 3.05) is 19.6 Å². The van der Waals surface area contributed by atoms with Gasteiger partial charge in [0.1, 0.15) is 0 Å². The number of benzene rings is 1. The molecule has 24 heavy (non-hydrogen) atoms. The largest absolute Gasteiger partial charge is 0.352 e. The second-order valence-electron chi connectivity index (χ2n) is 6.12. The number of rotatable bonds is 7. The van der Waals surface area contributed by atoms with E-state index >= 15 is 0 Å². The van der Waals surface area contributed by atoms with E-state index in [1.807, 2.05) is 0 Å². The van der Waals surface area contributed by atoms with Crippen molar-refractivity contribution in [3.05, 3.63) is 38.9 Å². The van der Waals surface area contributed by atoms with E-state index in [1.54, 1.807) is 0 Å². The fraction of sp³-hybridized carbons (Fsp3) is 0.588. The second kappa shape index (κ2) is 8.99. The van der Waals surface area contributed by atoms with Gasteiger partial charge in [0, 0.05) is 31.3 Å². The van der Waals surface area contributed by atoms with Gasteiger partial charge in [-0.25, -0.2) is 0 Å². The van der Waals surface area contributed by atoms with Crippen molar-refractivity contribution in [2.45, 2.75) is 45.1 Å². The Morgan fingerprint density at radius 2 is 2.25 bits per heavy atom. The minimum Gasteiger partial charge on any atom is -0.352 e. The first-order chi connectivity index (χ1) is 11.5. The first-order valence-corrected chi connectivity index (χ1v) is 8.87. The summed E-state index contributed by atoms with van der Waals surface area (Å²) in [5.74, 6) is -0.366. The molecule has 0 radical (unpaired) electrons. The van der Waals surface area contributed by atoms with Gasteiger partial charge in [0.15, 0.2) is 0 Å². The van der Waals surface area contributed by atoms with Gasteiger partial charge in [-0.3, -0.25) is 14.9 Å². The van der Waals surface area contributed by atoms with Gasteiger partial charge in [-0.05, 0) is 38.3 Å². The topological polar surface area (TPSA) is 75.5 Å². The van der Waals surface area contributed by atoms with Gasteiger partial charge in [0.2, 0.25) is 0 Å². The van der Waals surface area contributed by atoms with Crippen LogP contribution in [0, 0.1) is 10.1 Å². The van der Waals surface area contributed by atoms with Crippen LogP contribution in [0.25, 0.3) is 0 Å². The Morgan fingerprint density at radius 1 is 1.46 bits per heavy atom. The zero-order chi connectivity index (χ0) is 17.5. The Hall–Kier alpha value is -1.66. The fourth-order valence-electron chi connectivity index (χ4n) is 3.20. The number of carbonyl (C=O) groups is 1. The Morgan fingerprint density at radius 3 is 2.96 bits per heavy atom. The average molecular weight is 354 g/mol. The third-order valence-corrected chi connectivity index (χ3v) is 4.86. The Bertz CT molecular complexity index is 594. The zero-order valence-electron chi connectivity index (χ0n) is 14.0. The van der Waals surface area contributed by atoms with Crippen LogP contribution in [-0.2, 0) is 0 Å². The molecule has 1 N–H and O–H groups in total. The zero-order valence-corrected chi connectivity index (χ0v) is 14.7. The van der Waals surface area contributed by atoms with E-state index in [1.165, 1.54) is 37.5 Å². The monoisotopic (exact) mass is 353 g/mol. The van der Waals surface area contributed by atoms with E-state index in [4.69, 9.17) is 11.6 Å². The van der Waals surface area contributed by atoms with Crippen LogP contribution in [-0.4, -0.2) is 41.4 Å². The molecule has 6 nitrogen and oxygen atoms in total. The first-order valence-electron chi connectivity index (χ1n) is 8.49. The van der Waals surface area contributed by atoms with E-state index in [0.717, 1.165) is 25.9 Å². The van der Waals surface area contributed by atoms with E-state index in [9.17, 15) is 14.9 Å². The number of nitrogens with zero attached hydrogens (tertiary/aromatic N) is 2. The molecule has 0 bridgehead atoms. The molecule has 0 aliphatic carbocycles. The van der Waals surface area contributed by atoms with E-state index in [2.05, 4.69) is 17.1 Å². The number of hydrogen-bond acceptors (Lipinski definition) is 4. The van der Waals surface area contributed by atoms with Crippen LogP contribution in [0.4, 0.5) is 5.69 Å². The van der Waals surface area contributed by atoms with Gasteiger partial charge < -0.3 is 10.2 Å². The summed E-state index contributed by atoms with van der Waals surface area (Å²) in [6.07, 6.45) is 5.82. The highest BCUT2D eigenvalue weighted by atomic mass is 35.5. The molecule has 0 saturated carbocycles. The maximum absolute atomic E-state index is 12.2. The van der Waals surface area contributed by atoms with Gasteiger partial charge in [-0.2, -0.15) is 0 Å². The number of non-ortho nitro benzene ring substituents is 1. The fourth-order valence-corrected chi connectivity index (χ4v) is 3.40. The van der Waals surface area contributed by atoms with Crippen LogP contribution in [0.5, 0.6) is 0 Å². The highest BCUT2D eigenvalue weighted by Gasteiger charge is 2.20. The first kappa shape index (κ1) is 18.7. The maximum atomic E-state index is 12.2. The highest BCUT2D eigenvalue weighted by Crippen LogP contribution is 2.22. The lowest BCUT2D eigenvalue weighted by Crippen LogP contribution is -2.40. The summed E-state index contributed by atoms with van der Waals surface area (Å²) in [6.45, 7) is 4.84. The van der Waals surface area contributed by atoms with E-state index in [0.29, 0.717) is 12.6 Å². The van der Waals surface area contributed by atoms with Crippen molar-refractivity contribution >= 4 is 23.2 Å². The van der Waals surface area contributed by atoms with Crippen molar-refractivity contribution in [1.29, 1.82) is 0 Å². The van der Waals surface area contributed by atoms with Crippen molar-refractivity contribution in [3.63, 3.8) is 0 Å². The lowest BCUT2D eigenvalue weighted by Gasteiger charge is -2.35. The molecule has 1 fully saturated rings. The molecule has 1 heterocycles. The second-order valence-corrected chi connectivity index (χ2v) is 6.53. The van der Waals surface area contributed by atoms with Crippen molar-refractivity contribution in [3.8, 4) is 0 Å². The molecule has 1 amide bonds. The molecule has 1 aromatic rings. The molecular formula is C17H24ClN3O3. The molecule has 1 aromatic carbocycles. The van der Waals surface area contributed by atoms with Gasteiger partial charge >= 0.3 is 0 Å². The number of piperidine rings is 1. The average Bonchev–Trinajstić information content (AvgIpc) is 2.59. The number of halogens is 1. The van der Waals surface area contributed by atoms with Crippen LogP contribution in [0.1, 0.15) is 49.4 Å². The summed E-state index contributed by atoms with van der Waals surface area (Å²) in [5.41, 5.74) is 0.0129. The molecule has 0 spiro atoms. The number of nitrogens with one attached hydrogen (secondary N) is 1. The summed E-state index contributed by atoms with van der Waals surface area (Å²) in [6, 6.07) is 4.55. The van der Waals surface area contributed by atoms with E-state index < -0.39 is 4.92 Å². The molecule has 132 valence electrons. The number of nitro groups is 1. The van der Waals surface area contributed by atoms with Crippen LogP contribution in [0.2, 0.25) is 5.02 Å². The summed E-state index contributed by atoms with van der Waals surface area (Å²) in [7, 11) is 0. The Labute approximate surface area is 147 Å². The predicted molar refractivity (Wildman–Crippen MR) is 94.6 cm³/mol. The molecular weight excluding hydrogens is 330 g/mol. The Balaban J connectivity index is 1.83. The highest BCUT2D eigenvalue weighted by molar-refractivity contribution is 6.33. The smallest absolute Gasteiger partial charge is 0.270 e. The normalized spacial score (nSPS) is 18.3. The SMILES string of the molecule is CCC1CCCCN1CCCNC(=O)c1cc([N+](=O)[O-])ccc1Cl. The summed E-state index contributed by atoms with van der Waals surface area (Å²) < 4.78 is 0. The number of likely N-dealkylation sites (tertiary alicyclic amines) is 1. The molecule has 1 aliphatic heterocycles. The summed E-state index contributed by atoms with van der Waals surface area (Å²) in [5, 5.41) is 13.8. The molecule has 0 aromatic heterocycles. The Kier molecular flexibility index (Phi) is 6.99. The predicted octanol–water partition coefficient (Wildman–Crippen LogP) is 3.63. The minimum atomic E-state index is -0.533. The van der Waals surface area contributed by atoms with Crippen LogP contribution >= 0.6 is 11.6 Å². The third kappa shape index (κ3) is 4.92. The van der Waals surface area contributed by atoms with Gasteiger partial charge in [-0.1, -0.05) is 24.9 Å². The number of hydrogen-bond donors (Lipinski definition) is 1. The number of amides is 1. The minimum absolute atomic E-state index is 0.136. The molecule has 1 atom stereocenters. The van der Waals surface area contributed by atoms with Crippen molar-refractivity contribution < 1.29 is 9.72 Å². The number of carbonyl (C=O) groups excluding carboxylic acids is 1. The molecule has 2 rings (SSSR count). The standard InChI is InChI=1S/C17H24ClN3O3/c1-2-13-6-3-4-10-20(13)11-5-9-19-17(22)15-12-14(21(23)24)7-8-16(15)18/h7-8,12-13H,2-6,9-11H2,1H3,(H,19,22). The molecule has 1 unspecified atom stereocenters. The lowest BCUT2D eigenvalue weighted by atomic mass is 10.00.